The van der Waals surface area contributed by atoms with E-state index in [-0.39, 0.29) is 9.79 Å². The minimum Gasteiger partial charge on any atom is -0.193 e. The van der Waals surface area contributed by atoms with Crippen molar-refractivity contribution in [1.29, 1.82) is 0 Å². The Bertz CT molecular complexity index is 818. The van der Waals surface area contributed by atoms with E-state index in [1.54, 1.807) is 24.3 Å². The van der Waals surface area contributed by atoms with Crippen LogP contribution in [0.4, 0.5) is 0 Å². The summed E-state index contributed by atoms with van der Waals surface area (Å²) in [5, 5.41) is 0. The number of benzene rings is 2. The summed E-state index contributed by atoms with van der Waals surface area (Å²) in [4.78, 5) is -0.340. The Kier molecular flexibility index (Phi) is 4.27. The van der Waals surface area contributed by atoms with Gasteiger partial charge in [-0.1, -0.05) is 24.3 Å². The Morgan fingerprint density at radius 2 is 0.957 bits per heavy atom. The van der Waals surface area contributed by atoms with E-state index in [0.29, 0.717) is 0 Å². The molecule has 5 nitrogen and oxygen atoms in total. The molecule has 122 valence electrons. The third-order valence-electron chi connectivity index (χ3n) is 3.78. The van der Waals surface area contributed by atoms with E-state index in [1.807, 2.05) is 0 Å². The van der Waals surface area contributed by atoms with Crippen LogP contribution in [0.2, 0.25) is 0 Å². The largest absolute Gasteiger partial charge is 0.311 e. The van der Waals surface area contributed by atoms with Crippen LogP contribution in [-0.2, 0) is 36.7 Å². The van der Waals surface area contributed by atoms with Crippen LogP contribution in [0, 0.1) is 0 Å². The van der Waals surface area contributed by atoms with Gasteiger partial charge in [-0.05, 0) is 61.1 Å². The van der Waals surface area contributed by atoms with Gasteiger partial charge in [-0.15, -0.1) is 3.63 Å². The molecule has 0 aliphatic carbocycles. The summed E-state index contributed by atoms with van der Waals surface area (Å²) in [6, 6.07) is 12.3. The molecule has 0 aromatic heterocycles. The molecular formula is C16H16O5S2. The maximum Gasteiger partial charge on any atom is 0.311 e. The van der Waals surface area contributed by atoms with Crippen molar-refractivity contribution in [2.45, 2.75) is 35.5 Å². The Labute approximate surface area is 136 Å². The van der Waals surface area contributed by atoms with Gasteiger partial charge < -0.3 is 0 Å². The van der Waals surface area contributed by atoms with E-state index in [0.717, 1.165) is 36.8 Å². The van der Waals surface area contributed by atoms with Gasteiger partial charge in [0.2, 0.25) is 0 Å². The molecule has 0 amide bonds. The molecule has 23 heavy (non-hydrogen) atoms. The highest BCUT2D eigenvalue weighted by Crippen LogP contribution is 2.22. The van der Waals surface area contributed by atoms with E-state index in [1.165, 1.54) is 24.3 Å². The first-order valence-electron chi connectivity index (χ1n) is 7.26. The minimum absolute atomic E-state index is 0.170. The van der Waals surface area contributed by atoms with Gasteiger partial charge in [-0.3, -0.25) is 0 Å². The zero-order chi connectivity index (χ0) is 16.5. The van der Waals surface area contributed by atoms with Crippen molar-refractivity contribution < 1.29 is 20.5 Å². The minimum atomic E-state index is -4.38. The number of rotatable bonds is 0. The van der Waals surface area contributed by atoms with Crippen molar-refractivity contribution in [2.75, 3.05) is 0 Å². The number of hydrogen-bond acceptors (Lipinski definition) is 5. The van der Waals surface area contributed by atoms with Crippen LogP contribution in [0.3, 0.4) is 0 Å². The molecule has 0 atom stereocenters. The molecule has 2 aromatic rings. The van der Waals surface area contributed by atoms with Crippen molar-refractivity contribution >= 4 is 20.2 Å². The average molecular weight is 352 g/mol. The van der Waals surface area contributed by atoms with Gasteiger partial charge in [0.25, 0.3) is 0 Å². The van der Waals surface area contributed by atoms with Gasteiger partial charge in [-0.25, -0.2) is 0 Å². The zero-order valence-electron chi connectivity index (χ0n) is 12.3. The maximum atomic E-state index is 12.2. The van der Waals surface area contributed by atoms with Crippen LogP contribution in [0.1, 0.15) is 24.0 Å². The summed E-state index contributed by atoms with van der Waals surface area (Å²) in [6.07, 6.45) is 3.64. The highest BCUT2D eigenvalue weighted by atomic mass is 32.3. The summed E-state index contributed by atoms with van der Waals surface area (Å²) in [7, 11) is -8.76. The molecule has 0 unspecified atom stereocenters. The second-order valence-corrected chi connectivity index (χ2v) is 8.77. The highest BCUT2D eigenvalue weighted by Gasteiger charge is 2.26. The molecule has 4 heterocycles. The third-order valence-corrected chi connectivity index (χ3v) is 6.92. The molecule has 4 bridgehead atoms. The third kappa shape index (κ3) is 3.63. The summed E-state index contributed by atoms with van der Waals surface area (Å²) in [5.74, 6) is 0. The molecule has 2 aromatic carbocycles. The van der Waals surface area contributed by atoms with Crippen molar-refractivity contribution in [2.24, 2.45) is 0 Å². The van der Waals surface area contributed by atoms with E-state index < -0.39 is 20.2 Å². The van der Waals surface area contributed by atoms with E-state index in [2.05, 4.69) is 3.63 Å². The van der Waals surface area contributed by atoms with Crippen LogP contribution in [0.25, 0.3) is 0 Å². The summed E-state index contributed by atoms with van der Waals surface area (Å²) < 4.78 is 53.2. The van der Waals surface area contributed by atoms with E-state index in [4.69, 9.17) is 0 Å². The Morgan fingerprint density at radius 3 is 1.30 bits per heavy atom. The first-order chi connectivity index (χ1) is 10.9. The molecule has 0 saturated carbocycles. The van der Waals surface area contributed by atoms with E-state index >= 15 is 0 Å². The predicted molar refractivity (Wildman–Crippen MR) is 85.0 cm³/mol. The van der Waals surface area contributed by atoms with Gasteiger partial charge >= 0.3 is 20.2 Å². The quantitative estimate of drug-likeness (QED) is 0.728. The van der Waals surface area contributed by atoms with Crippen LogP contribution in [0.15, 0.2) is 58.3 Å². The van der Waals surface area contributed by atoms with Crippen molar-refractivity contribution in [3.63, 3.8) is 0 Å². The first-order valence-corrected chi connectivity index (χ1v) is 10.1. The highest BCUT2D eigenvalue weighted by molar-refractivity contribution is 7.99. The number of hydrogen-bond donors (Lipinski definition) is 0. The number of aryl methyl sites for hydroxylation is 2. The SMILES string of the molecule is O=S1(=O)OS(=O)(=O)c2ccc(cc2)CCCCc2ccc1cc2. The lowest BCUT2D eigenvalue weighted by atomic mass is 10.0. The first kappa shape index (κ1) is 16.2. The van der Waals surface area contributed by atoms with Crippen LogP contribution in [-0.4, -0.2) is 16.8 Å². The van der Waals surface area contributed by atoms with Crippen LogP contribution >= 0.6 is 0 Å². The zero-order valence-corrected chi connectivity index (χ0v) is 13.9. The van der Waals surface area contributed by atoms with Crippen LogP contribution in [0.5, 0.6) is 0 Å². The molecule has 0 spiro atoms. The average Bonchev–Trinajstić information content (AvgIpc) is 2.51. The lowest BCUT2D eigenvalue weighted by Gasteiger charge is -2.07. The lowest BCUT2D eigenvalue weighted by Crippen LogP contribution is -2.14. The fourth-order valence-corrected chi connectivity index (χ4v) is 5.01. The van der Waals surface area contributed by atoms with Crippen molar-refractivity contribution in [1.82, 2.24) is 0 Å². The fourth-order valence-electron chi connectivity index (χ4n) is 2.50. The van der Waals surface area contributed by atoms with Gasteiger partial charge in [0, 0.05) is 0 Å². The van der Waals surface area contributed by atoms with Crippen molar-refractivity contribution in [3.05, 3.63) is 59.7 Å². The molecule has 0 fully saturated rings. The van der Waals surface area contributed by atoms with Gasteiger partial charge in [0.15, 0.2) is 0 Å². The Morgan fingerprint density at radius 1 is 0.609 bits per heavy atom. The fraction of sp³-hybridized carbons (Fsp3) is 0.250. The van der Waals surface area contributed by atoms with Gasteiger partial charge in [0.05, 0.1) is 9.79 Å². The molecule has 0 saturated heterocycles. The molecule has 0 radical (unpaired) electrons. The van der Waals surface area contributed by atoms with Crippen molar-refractivity contribution in [3.8, 4) is 0 Å². The molecule has 0 N–H and O–H groups in total. The lowest BCUT2D eigenvalue weighted by molar-refractivity contribution is 0.461. The Balaban J connectivity index is 2.07. The van der Waals surface area contributed by atoms with E-state index in [9.17, 15) is 16.8 Å². The monoisotopic (exact) mass is 352 g/mol. The van der Waals surface area contributed by atoms with Gasteiger partial charge in [0.1, 0.15) is 0 Å². The Hall–Kier alpha value is -1.70. The van der Waals surface area contributed by atoms with Crippen LogP contribution < -0.4 is 0 Å². The smallest absolute Gasteiger partial charge is 0.193 e. The second-order valence-electron chi connectivity index (χ2n) is 5.47. The molecule has 4 aliphatic heterocycles. The summed E-state index contributed by atoms with van der Waals surface area (Å²) >= 11 is 0. The summed E-state index contributed by atoms with van der Waals surface area (Å²) in [5.41, 5.74) is 2.02. The summed E-state index contributed by atoms with van der Waals surface area (Å²) in [6.45, 7) is 0. The predicted octanol–water partition coefficient (Wildman–Crippen LogP) is 2.66. The molecular weight excluding hydrogens is 336 g/mol. The second kappa shape index (κ2) is 6.07. The molecule has 7 heteroatoms. The normalized spacial score (nSPS) is 19.8. The molecule has 4 aliphatic rings. The maximum absolute atomic E-state index is 12.2. The van der Waals surface area contributed by atoms with Gasteiger partial charge in [-0.2, -0.15) is 16.8 Å². The molecule has 6 rings (SSSR count). The standard InChI is InChI=1S/C16H16O5S2/c17-22(18)15-9-5-13(6-10-15)3-1-2-4-14-7-11-16(12-8-14)23(19,20)21-22/h5-12H,1-4H2. The topological polar surface area (TPSA) is 77.5 Å².